The molecular weight excluding hydrogens is 236 g/mol. The average Bonchev–Trinajstić information content (AvgIpc) is 2.65. The molecule has 0 spiro atoms. The number of aromatic nitrogens is 1. The fourth-order valence-electron chi connectivity index (χ4n) is 1.94. The van der Waals surface area contributed by atoms with E-state index in [0.29, 0.717) is 6.42 Å². The molecule has 1 aromatic rings. The van der Waals surface area contributed by atoms with E-state index >= 15 is 0 Å². The van der Waals surface area contributed by atoms with Gasteiger partial charge in [-0.1, -0.05) is 6.92 Å². The zero-order valence-electron chi connectivity index (χ0n) is 10.9. The summed E-state index contributed by atoms with van der Waals surface area (Å²) in [7, 11) is 0. The molecule has 0 saturated carbocycles. The van der Waals surface area contributed by atoms with Crippen LogP contribution in [0.1, 0.15) is 41.9 Å². The highest BCUT2D eigenvalue weighted by molar-refractivity contribution is 7.11. The van der Waals surface area contributed by atoms with Crippen LogP contribution in [-0.4, -0.2) is 33.9 Å². The smallest absolute Gasteiger partial charge is 0.0900 e. The van der Waals surface area contributed by atoms with Crippen LogP contribution in [0.25, 0.3) is 0 Å². The number of aryl methyl sites for hydroxylation is 2. The summed E-state index contributed by atoms with van der Waals surface area (Å²) in [5, 5.41) is 23.2. The Hall–Kier alpha value is -0.490. The van der Waals surface area contributed by atoms with Crippen LogP contribution in [0.3, 0.4) is 0 Å². The Bertz CT molecular complexity index is 353. The van der Waals surface area contributed by atoms with Crippen LogP contribution < -0.4 is 5.32 Å². The number of hydrogen-bond acceptors (Lipinski definition) is 5. The van der Waals surface area contributed by atoms with E-state index in [0.717, 1.165) is 10.7 Å². The first-order valence-electron chi connectivity index (χ1n) is 5.91. The molecule has 4 nitrogen and oxygen atoms in total. The largest absolute Gasteiger partial charge is 0.394 e. The van der Waals surface area contributed by atoms with E-state index < -0.39 is 5.54 Å². The molecule has 1 aromatic heterocycles. The second kappa shape index (κ2) is 5.91. The summed E-state index contributed by atoms with van der Waals surface area (Å²) in [6.45, 7) is 7.84. The number of nitrogens with one attached hydrogen (secondary N) is 1. The minimum Gasteiger partial charge on any atom is -0.394 e. The van der Waals surface area contributed by atoms with Gasteiger partial charge < -0.3 is 10.2 Å². The van der Waals surface area contributed by atoms with Gasteiger partial charge in [0.05, 0.1) is 29.5 Å². The third kappa shape index (κ3) is 3.25. The Balaban J connectivity index is 2.84. The summed E-state index contributed by atoms with van der Waals surface area (Å²) >= 11 is 1.67. The number of aliphatic hydroxyl groups excluding tert-OH is 2. The van der Waals surface area contributed by atoms with Crippen LogP contribution >= 0.6 is 11.3 Å². The molecule has 0 fully saturated rings. The van der Waals surface area contributed by atoms with Crippen molar-refractivity contribution < 1.29 is 10.2 Å². The van der Waals surface area contributed by atoms with Crippen molar-refractivity contribution in [3.8, 4) is 0 Å². The molecule has 0 aliphatic rings. The van der Waals surface area contributed by atoms with Crippen molar-refractivity contribution in [2.75, 3.05) is 13.2 Å². The lowest BCUT2D eigenvalue weighted by Gasteiger charge is -2.33. The fraction of sp³-hybridized carbons (Fsp3) is 0.750. The first-order valence-corrected chi connectivity index (χ1v) is 6.73. The quantitative estimate of drug-likeness (QED) is 0.724. The molecule has 0 saturated heterocycles. The molecule has 0 bridgehead atoms. The minimum absolute atomic E-state index is 0.0270. The lowest BCUT2D eigenvalue weighted by Crippen LogP contribution is -2.52. The maximum Gasteiger partial charge on any atom is 0.0900 e. The highest BCUT2D eigenvalue weighted by Crippen LogP contribution is 2.24. The van der Waals surface area contributed by atoms with Crippen LogP contribution in [0.15, 0.2) is 0 Å². The molecule has 5 heteroatoms. The second-order valence-electron chi connectivity index (χ2n) is 4.49. The topological polar surface area (TPSA) is 65.4 Å². The summed E-state index contributed by atoms with van der Waals surface area (Å²) in [5.74, 6) is 0. The number of rotatable bonds is 6. The van der Waals surface area contributed by atoms with Gasteiger partial charge in [0.2, 0.25) is 0 Å². The zero-order valence-corrected chi connectivity index (χ0v) is 11.8. The van der Waals surface area contributed by atoms with E-state index in [1.807, 2.05) is 27.7 Å². The summed E-state index contributed by atoms with van der Waals surface area (Å²) in [5.41, 5.74) is 0.385. The van der Waals surface area contributed by atoms with Gasteiger partial charge in [-0.05, 0) is 27.2 Å². The number of aliphatic hydroxyl groups is 2. The van der Waals surface area contributed by atoms with Crippen LogP contribution in [0.2, 0.25) is 0 Å². The third-order valence-corrected chi connectivity index (χ3v) is 4.06. The molecule has 0 aromatic carbocycles. The zero-order chi connectivity index (χ0) is 13.1. The van der Waals surface area contributed by atoms with E-state index in [9.17, 15) is 10.2 Å². The van der Waals surface area contributed by atoms with Gasteiger partial charge in [0, 0.05) is 10.9 Å². The average molecular weight is 258 g/mol. The molecule has 0 radical (unpaired) electrons. The maximum atomic E-state index is 9.41. The Labute approximate surface area is 107 Å². The second-order valence-corrected chi connectivity index (χ2v) is 5.90. The molecule has 1 atom stereocenters. The van der Waals surface area contributed by atoms with Crippen LogP contribution in [0.4, 0.5) is 0 Å². The lowest BCUT2D eigenvalue weighted by atomic mass is 9.96. The van der Waals surface area contributed by atoms with Crippen LogP contribution in [-0.2, 0) is 0 Å². The fourth-order valence-corrected chi connectivity index (χ4v) is 2.86. The predicted octanol–water partition coefficient (Wildman–Crippen LogP) is 1.54. The van der Waals surface area contributed by atoms with Gasteiger partial charge >= 0.3 is 0 Å². The van der Waals surface area contributed by atoms with Crippen molar-refractivity contribution in [2.45, 2.75) is 45.7 Å². The van der Waals surface area contributed by atoms with Gasteiger partial charge in [-0.3, -0.25) is 5.32 Å². The predicted molar refractivity (Wildman–Crippen MR) is 70.3 cm³/mol. The van der Waals surface area contributed by atoms with E-state index in [2.05, 4.69) is 10.3 Å². The maximum absolute atomic E-state index is 9.41. The van der Waals surface area contributed by atoms with Crippen molar-refractivity contribution in [2.24, 2.45) is 0 Å². The van der Waals surface area contributed by atoms with Gasteiger partial charge in [-0.2, -0.15) is 0 Å². The molecule has 1 heterocycles. The Kier molecular flexibility index (Phi) is 5.06. The number of nitrogens with zero attached hydrogens (tertiary/aromatic N) is 1. The van der Waals surface area contributed by atoms with Gasteiger partial charge in [0.15, 0.2) is 0 Å². The third-order valence-electron chi connectivity index (χ3n) is 3.15. The van der Waals surface area contributed by atoms with E-state index in [1.165, 1.54) is 4.88 Å². The Morgan fingerprint density at radius 2 is 1.94 bits per heavy atom. The summed E-state index contributed by atoms with van der Waals surface area (Å²) in [6, 6.07) is 0.0270. The highest BCUT2D eigenvalue weighted by atomic mass is 32.1. The van der Waals surface area contributed by atoms with E-state index in [4.69, 9.17) is 0 Å². The molecule has 1 rings (SSSR count). The SMILES string of the molecule is CCC(CO)(CO)NC(C)c1nc(C)sc1C. The van der Waals surface area contributed by atoms with Crippen LogP contribution in [0.5, 0.6) is 0 Å². The minimum atomic E-state index is -0.622. The summed E-state index contributed by atoms with van der Waals surface area (Å²) in [6.07, 6.45) is 0.673. The standard InChI is InChI=1S/C12H22N2O2S/c1-5-12(6-15,7-16)14-8(2)11-9(3)17-10(4)13-11/h8,14-16H,5-7H2,1-4H3. The summed E-state index contributed by atoms with van der Waals surface area (Å²) < 4.78 is 0. The van der Waals surface area contributed by atoms with Crippen molar-refractivity contribution >= 4 is 11.3 Å². The van der Waals surface area contributed by atoms with Crippen molar-refractivity contribution in [1.29, 1.82) is 0 Å². The molecule has 0 aliphatic heterocycles. The van der Waals surface area contributed by atoms with Gasteiger partial charge in [0.1, 0.15) is 0 Å². The molecule has 98 valence electrons. The van der Waals surface area contributed by atoms with Gasteiger partial charge in [-0.15, -0.1) is 11.3 Å². The molecule has 0 aliphatic carbocycles. The Morgan fingerprint density at radius 1 is 1.35 bits per heavy atom. The summed E-state index contributed by atoms with van der Waals surface area (Å²) in [4.78, 5) is 5.67. The monoisotopic (exact) mass is 258 g/mol. The van der Waals surface area contributed by atoms with Crippen molar-refractivity contribution in [3.63, 3.8) is 0 Å². The molecule has 1 unspecified atom stereocenters. The first kappa shape index (κ1) is 14.6. The van der Waals surface area contributed by atoms with Crippen molar-refractivity contribution in [3.05, 3.63) is 15.6 Å². The molecular formula is C12H22N2O2S. The van der Waals surface area contributed by atoms with Crippen LogP contribution in [0, 0.1) is 13.8 Å². The van der Waals surface area contributed by atoms with E-state index in [1.54, 1.807) is 11.3 Å². The molecule has 3 N–H and O–H groups in total. The normalized spacial score (nSPS) is 14.0. The highest BCUT2D eigenvalue weighted by Gasteiger charge is 2.29. The number of thiazole rings is 1. The molecule has 0 amide bonds. The van der Waals surface area contributed by atoms with Gasteiger partial charge in [-0.25, -0.2) is 4.98 Å². The van der Waals surface area contributed by atoms with Gasteiger partial charge in [0.25, 0.3) is 0 Å². The molecule has 17 heavy (non-hydrogen) atoms. The lowest BCUT2D eigenvalue weighted by molar-refractivity contribution is 0.0788. The van der Waals surface area contributed by atoms with E-state index in [-0.39, 0.29) is 19.3 Å². The number of hydrogen-bond donors (Lipinski definition) is 3. The Morgan fingerprint density at radius 3 is 2.29 bits per heavy atom. The first-order chi connectivity index (χ1) is 7.98. The van der Waals surface area contributed by atoms with Crippen molar-refractivity contribution in [1.82, 2.24) is 10.3 Å².